The molecule has 3 amide bonds. The highest BCUT2D eigenvalue weighted by Crippen LogP contribution is 2.28. The number of hydrogen-bond acceptors (Lipinski definition) is 4. The topological polar surface area (TPSA) is 83.9 Å². The van der Waals surface area contributed by atoms with Crippen molar-refractivity contribution < 1.29 is 27.5 Å². The summed E-state index contributed by atoms with van der Waals surface area (Å²) in [5.41, 5.74) is -1.62. The summed E-state index contributed by atoms with van der Waals surface area (Å²) in [6.07, 6.45) is -1.41. The molecule has 170 valence electrons. The van der Waals surface area contributed by atoms with Crippen LogP contribution in [-0.4, -0.2) is 71.2 Å². The number of alkyl halides is 3. The van der Waals surface area contributed by atoms with Crippen molar-refractivity contribution >= 4 is 11.9 Å². The van der Waals surface area contributed by atoms with Gasteiger partial charge in [0.1, 0.15) is 6.61 Å². The van der Waals surface area contributed by atoms with Gasteiger partial charge in [-0.15, -0.1) is 0 Å². The smallest absolute Gasteiger partial charge is 0.366 e. The monoisotopic (exact) mass is 442 g/mol. The second-order valence-corrected chi connectivity index (χ2v) is 8.37. The summed E-state index contributed by atoms with van der Waals surface area (Å²) >= 11 is 0. The van der Waals surface area contributed by atoms with Crippen LogP contribution in [0.2, 0.25) is 0 Å². The molecule has 2 atom stereocenters. The van der Waals surface area contributed by atoms with Crippen LogP contribution in [0.3, 0.4) is 0 Å². The van der Waals surface area contributed by atoms with Gasteiger partial charge >= 0.3 is 12.2 Å². The number of ether oxygens (including phenoxy) is 1. The van der Waals surface area contributed by atoms with Crippen molar-refractivity contribution in [2.75, 3.05) is 32.8 Å². The number of halogens is 3. The van der Waals surface area contributed by atoms with Crippen molar-refractivity contribution in [2.45, 2.75) is 44.1 Å². The van der Waals surface area contributed by atoms with E-state index in [1.165, 1.54) is 10.8 Å². The molecule has 3 fully saturated rings. The van der Waals surface area contributed by atoms with Crippen LogP contribution in [0, 0.1) is 5.92 Å². The number of aromatic nitrogens is 1. The molecule has 0 saturated carbocycles. The fraction of sp³-hybridized carbons (Fsp3) is 0.650. The van der Waals surface area contributed by atoms with E-state index in [1.807, 2.05) is 0 Å². The van der Waals surface area contributed by atoms with E-state index in [-0.39, 0.29) is 36.6 Å². The Balaban J connectivity index is 1.29. The molecule has 0 aromatic carbocycles. The van der Waals surface area contributed by atoms with E-state index in [0.717, 1.165) is 6.07 Å². The number of amides is 3. The zero-order chi connectivity index (χ0) is 22.2. The number of rotatable bonds is 2. The Morgan fingerprint density at radius 3 is 2.52 bits per heavy atom. The van der Waals surface area contributed by atoms with E-state index >= 15 is 0 Å². The van der Waals surface area contributed by atoms with Gasteiger partial charge in [-0.2, -0.15) is 13.2 Å². The van der Waals surface area contributed by atoms with E-state index in [2.05, 4.69) is 5.32 Å². The van der Waals surface area contributed by atoms with Gasteiger partial charge in [-0.25, -0.2) is 4.79 Å². The number of piperidine rings is 2. The van der Waals surface area contributed by atoms with Crippen molar-refractivity contribution in [3.8, 4) is 0 Å². The molecule has 0 unspecified atom stereocenters. The molecule has 0 radical (unpaired) electrons. The minimum atomic E-state index is -4.54. The molecule has 0 bridgehead atoms. The van der Waals surface area contributed by atoms with Gasteiger partial charge in [0.05, 0.1) is 17.7 Å². The lowest BCUT2D eigenvalue weighted by Crippen LogP contribution is -2.62. The zero-order valence-corrected chi connectivity index (χ0v) is 16.9. The van der Waals surface area contributed by atoms with Crippen LogP contribution < -0.4 is 10.9 Å². The van der Waals surface area contributed by atoms with Crippen LogP contribution in [0.1, 0.15) is 24.8 Å². The highest BCUT2D eigenvalue weighted by Gasteiger charge is 2.38. The second-order valence-electron chi connectivity index (χ2n) is 8.37. The van der Waals surface area contributed by atoms with Gasteiger partial charge in [-0.05, 0) is 31.2 Å². The third kappa shape index (κ3) is 4.86. The van der Waals surface area contributed by atoms with Gasteiger partial charge in [0, 0.05) is 45.0 Å². The molecule has 1 aromatic rings. The van der Waals surface area contributed by atoms with Gasteiger partial charge < -0.3 is 24.4 Å². The summed E-state index contributed by atoms with van der Waals surface area (Å²) < 4.78 is 45.0. The summed E-state index contributed by atoms with van der Waals surface area (Å²) in [5, 5.41) is 2.88. The first-order valence-corrected chi connectivity index (χ1v) is 10.4. The zero-order valence-electron chi connectivity index (χ0n) is 16.9. The fourth-order valence-corrected chi connectivity index (χ4v) is 4.49. The highest BCUT2D eigenvalue weighted by atomic mass is 19.4. The summed E-state index contributed by atoms with van der Waals surface area (Å²) in [6.45, 7) is 2.41. The quantitative estimate of drug-likeness (QED) is 0.748. The normalized spacial score (nSPS) is 25.2. The Hall–Kier alpha value is -2.56. The Bertz CT molecular complexity index is 895. The largest absolute Gasteiger partial charge is 0.416 e. The Morgan fingerprint density at radius 1 is 1.13 bits per heavy atom. The SMILES string of the molecule is O=C1CO[C@H]2CCN(C(=O)N3CCC(Cn4ccc(C(F)(F)F)cc4=O)CC3)C[C@H]2N1. The molecule has 4 rings (SSSR count). The predicted molar refractivity (Wildman–Crippen MR) is 103 cm³/mol. The maximum Gasteiger partial charge on any atom is 0.416 e. The first-order valence-electron chi connectivity index (χ1n) is 10.4. The van der Waals surface area contributed by atoms with Crippen LogP contribution in [-0.2, 0) is 22.3 Å². The summed E-state index contributed by atoms with van der Waals surface area (Å²) in [5.74, 6) is -0.0647. The standard InChI is InChI=1S/C20H25F3N4O4/c21-20(22,23)14-3-7-26(18(29)9-14)10-13-1-5-25(6-2-13)19(30)27-8-4-16-15(11-27)24-17(28)12-31-16/h3,7,9,13,15-16H,1-2,4-6,8,10-12H2,(H,24,28)/t15-,16+/m1/s1. The molecule has 0 aliphatic carbocycles. The molecular formula is C20H25F3N4O4. The number of carbonyl (C=O) groups is 2. The molecule has 3 aliphatic rings. The van der Waals surface area contributed by atoms with Crippen LogP contribution >= 0.6 is 0 Å². The molecule has 31 heavy (non-hydrogen) atoms. The van der Waals surface area contributed by atoms with Gasteiger partial charge in [0.15, 0.2) is 0 Å². The molecule has 1 N–H and O–H groups in total. The number of hydrogen-bond donors (Lipinski definition) is 1. The van der Waals surface area contributed by atoms with Crippen LogP contribution in [0.4, 0.5) is 18.0 Å². The van der Waals surface area contributed by atoms with Crippen molar-refractivity contribution in [2.24, 2.45) is 5.92 Å². The van der Waals surface area contributed by atoms with E-state index in [0.29, 0.717) is 58.1 Å². The van der Waals surface area contributed by atoms with E-state index in [4.69, 9.17) is 4.74 Å². The average molecular weight is 442 g/mol. The molecule has 3 saturated heterocycles. The minimum absolute atomic E-state index is 0.0602. The number of likely N-dealkylation sites (tertiary alicyclic amines) is 2. The minimum Gasteiger partial charge on any atom is -0.366 e. The van der Waals surface area contributed by atoms with Crippen LogP contribution in [0.25, 0.3) is 0 Å². The summed E-state index contributed by atoms with van der Waals surface area (Å²) in [7, 11) is 0. The Morgan fingerprint density at radius 2 is 1.84 bits per heavy atom. The second kappa shape index (κ2) is 8.52. The lowest BCUT2D eigenvalue weighted by Gasteiger charge is -2.43. The van der Waals surface area contributed by atoms with Crippen molar-refractivity contribution in [1.82, 2.24) is 19.7 Å². The lowest BCUT2D eigenvalue weighted by atomic mass is 9.96. The number of carbonyl (C=O) groups excluding carboxylic acids is 2. The Kier molecular flexibility index (Phi) is 5.96. The number of nitrogens with one attached hydrogen (secondary N) is 1. The van der Waals surface area contributed by atoms with Gasteiger partial charge in [0.25, 0.3) is 5.56 Å². The number of pyridine rings is 1. The van der Waals surface area contributed by atoms with E-state index < -0.39 is 17.3 Å². The third-order valence-corrected chi connectivity index (χ3v) is 6.26. The Labute approximate surface area is 176 Å². The average Bonchev–Trinajstić information content (AvgIpc) is 2.74. The highest BCUT2D eigenvalue weighted by molar-refractivity contribution is 5.79. The van der Waals surface area contributed by atoms with Crippen molar-refractivity contribution in [3.05, 3.63) is 34.2 Å². The van der Waals surface area contributed by atoms with Gasteiger partial charge in [-0.3, -0.25) is 9.59 Å². The number of morpholine rings is 1. The molecule has 11 heteroatoms. The first-order chi connectivity index (χ1) is 14.7. The number of urea groups is 1. The van der Waals surface area contributed by atoms with E-state index in [9.17, 15) is 27.6 Å². The number of nitrogens with zero attached hydrogens (tertiary/aromatic N) is 3. The van der Waals surface area contributed by atoms with Crippen LogP contribution in [0.15, 0.2) is 23.1 Å². The molecule has 4 heterocycles. The third-order valence-electron chi connectivity index (χ3n) is 6.26. The molecule has 3 aliphatic heterocycles. The lowest BCUT2D eigenvalue weighted by molar-refractivity contribution is -0.140. The molecule has 0 spiro atoms. The van der Waals surface area contributed by atoms with Crippen molar-refractivity contribution in [1.29, 1.82) is 0 Å². The predicted octanol–water partition coefficient (Wildman–Crippen LogP) is 1.29. The summed E-state index contributed by atoms with van der Waals surface area (Å²) in [4.78, 5) is 40.0. The molecular weight excluding hydrogens is 417 g/mol. The van der Waals surface area contributed by atoms with E-state index in [1.54, 1.807) is 9.80 Å². The fourth-order valence-electron chi connectivity index (χ4n) is 4.49. The molecule has 8 nitrogen and oxygen atoms in total. The number of fused-ring (bicyclic) bond motifs is 1. The van der Waals surface area contributed by atoms with Crippen molar-refractivity contribution in [3.63, 3.8) is 0 Å². The first kappa shape index (κ1) is 21.7. The van der Waals surface area contributed by atoms with Crippen LogP contribution in [0.5, 0.6) is 0 Å². The molecule has 1 aromatic heterocycles. The maximum absolute atomic E-state index is 12.9. The summed E-state index contributed by atoms with van der Waals surface area (Å²) in [6, 6.07) is 1.26. The van der Waals surface area contributed by atoms with Gasteiger partial charge in [-0.1, -0.05) is 0 Å². The van der Waals surface area contributed by atoms with Gasteiger partial charge in [0.2, 0.25) is 5.91 Å². The maximum atomic E-state index is 12.9.